The molecule has 1 N–H and O–H groups in total. The lowest BCUT2D eigenvalue weighted by Gasteiger charge is -2.27. The number of carbonyl (C=O) groups excluding carboxylic acids is 1. The van der Waals surface area contributed by atoms with Crippen LogP contribution in [-0.4, -0.2) is 38.0 Å². The maximum Gasteiger partial charge on any atom is 0.238 e. The van der Waals surface area contributed by atoms with Crippen LogP contribution in [0.1, 0.15) is 46.0 Å². The average molecular weight is 386 g/mol. The van der Waals surface area contributed by atoms with Gasteiger partial charge in [0.1, 0.15) is 16.8 Å². The SMILES string of the molecule is CC1CCC(NC(=O)[C@H](C)S(=O)(=O)CCCOc2ccc(F)cc2)CC1. The van der Waals surface area contributed by atoms with Crippen molar-refractivity contribution < 1.29 is 22.3 Å². The number of nitrogens with one attached hydrogen (secondary N) is 1. The van der Waals surface area contributed by atoms with E-state index in [9.17, 15) is 17.6 Å². The largest absolute Gasteiger partial charge is 0.494 e. The Morgan fingerprint density at radius 1 is 1.23 bits per heavy atom. The number of hydrogen-bond acceptors (Lipinski definition) is 4. The molecule has 7 heteroatoms. The zero-order valence-electron chi connectivity index (χ0n) is 15.4. The summed E-state index contributed by atoms with van der Waals surface area (Å²) < 4.78 is 42.9. The topological polar surface area (TPSA) is 72.5 Å². The summed E-state index contributed by atoms with van der Waals surface area (Å²) >= 11 is 0. The van der Waals surface area contributed by atoms with E-state index in [2.05, 4.69) is 12.2 Å². The smallest absolute Gasteiger partial charge is 0.238 e. The third kappa shape index (κ3) is 6.27. The summed E-state index contributed by atoms with van der Waals surface area (Å²) in [4.78, 5) is 12.3. The van der Waals surface area contributed by atoms with Gasteiger partial charge in [-0.25, -0.2) is 12.8 Å². The zero-order chi connectivity index (χ0) is 19.2. The Morgan fingerprint density at radius 3 is 2.46 bits per heavy atom. The molecule has 1 saturated carbocycles. The number of amides is 1. The minimum Gasteiger partial charge on any atom is -0.494 e. The van der Waals surface area contributed by atoms with E-state index in [1.807, 2.05) is 0 Å². The molecule has 1 atom stereocenters. The summed E-state index contributed by atoms with van der Waals surface area (Å²) in [6, 6.07) is 5.63. The highest BCUT2D eigenvalue weighted by Crippen LogP contribution is 2.23. The molecule has 26 heavy (non-hydrogen) atoms. The van der Waals surface area contributed by atoms with Crippen LogP contribution in [-0.2, 0) is 14.6 Å². The predicted molar refractivity (Wildman–Crippen MR) is 99.3 cm³/mol. The van der Waals surface area contributed by atoms with Crippen molar-refractivity contribution in [2.45, 2.75) is 57.2 Å². The average Bonchev–Trinajstić information content (AvgIpc) is 2.61. The van der Waals surface area contributed by atoms with Crippen LogP contribution >= 0.6 is 0 Å². The number of hydrogen-bond donors (Lipinski definition) is 1. The minimum absolute atomic E-state index is 0.0816. The summed E-state index contributed by atoms with van der Waals surface area (Å²) in [7, 11) is -3.53. The first-order valence-electron chi connectivity index (χ1n) is 9.18. The second-order valence-corrected chi connectivity index (χ2v) is 9.57. The van der Waals surface area contributed by atoms with Gasteiger partial charge in [-0.3, -0.25) is 4.79 Å². The van der Waals surface area contributed by atoms with Crippen molar-refractivity contribution in [2.75, 3.05) is 12.4 Å². The van der Waals surface area contributed by atoms with Gasteiger partial charge in [-0.1, -0.05) is 6.92 Å². The fourth-order valence-electron chi connectivity index (χ4n) is 3.04. The van der Waals surface area contributed by atoms with Gasteiger partial charge in [0, 0.05) is 6.04 Å². The molecule has 0 heterocycles. The second kappa shape index (κ2) is 9.35. The van der Waals surface area contributed by atoms with Gasteiger partial charge in [-0.2, -0.15) is 0 Å². The van der Waals surface area contributed by atoms with Gasteiger partial charge in [-0.15, -0.1) is 0 Å². The molecule has 1 amide bonds. The summed E-state index contributed by atoms with van der Waals surface area (Å²) in [6.45, 7) is 3.83. The Kier molecular flexibility index (Phi) is 7.43. The van der Waals surface area contributed by atoms with Gasteiger partial charge in [0.25, 0.3) is 0 Å². The van der Waals surface area contributed by atoms with Gasteiger partial charge in [-0.05, 0) is 69.2 Å². The molecule has 0 bridgehead atoms. The molecule has 0 spiro atoms. The molecule has 0 radical (unpaired) electrons. The van der Waals surface area contributed by atoms with Crippen molar-refractivity contribution in [3.8, 4) is 5.75 Å². The van der Waals surface area contributed by atoms with Crippen LogP contribution in [0.25, 0.3) is 0 Å². The maximum absolute atomic E-state index is 12.8. The Hall–Kier alpha value is -1.63. The first-order valence-corrected chi connectivity index (χ1v) is 10.9. The molecule has 5 nitrogen and oxygen atoms in total. The van der Waals surface area contributed by atoms with Crippen LogP contribution in [0.4, 0.5) is 4.39 Å². The molecule has 2 rings (SSSR count). The van der Waals surface area contributed by atoms with Crippen LogP contribution in [0.15, 0.2) is 24.3 Å². The molecule has 0 aromatic heterocycles. The van der Waals surface area contributed by atoms with Crippen molar-refractivity contribution in [3.05, 3.63) is 30.1 Å². The van der Waals surface area contributed by atoms with Crippen LogP contribution in [0.5, 0.6) is 5.75 Å². The predicted octanol–water partition coefficient (Wildman–Crippen LogP) is 3.09. The van der Waals surface area contributed by atoms with Gasteiger partial charge in [0.15, 0.2) is 9.84 Å². The van der Waals surface area contributed by atoms with Crippen LogP contribution < -0.4 is 10.1 Å². The van der Waals surface area contributed by atoms with Crippen molar-refractivity contribution in [1.82, 2.24) is 5.32 Å². The van der Waals surface area contributed by atoms with Gasteiger partial charge < -0.3 is 10.1 Å². The number of rotatable bonds is 8. The highest BCUT2D eigenvalue weighted by Gasteiger charge is 2.30. The van der Waals surface area contributed by atoms with Gasteiger partial charge >= 0.3 is 0 Å². The van der Waals surface area contributed by atoms with E-state index in [4.69, 9.17) is 4.74 Å². The third-order valence-electron chi connectivity index (χ3n) is 4.93. The normalized spacial score (nSPS) is 21.8. The molecule has 1 aliphatic rings. The maximum atomic E-state index is 12.8. The zero-order valence-corrected chi connectivity index (χ0v) is 16.2. The van der Waals surface area contributed by atoms with Crippen molar-refractivity contribution in [2.24, 2.45) is 5.92 Å². The quantitative estimate of drug-likeness (QED) is 0.698. The first kappa shape index (κ1) is 20.7. The Labute approximate surface area is 155 Å². The molecule has 0 aliphatic heterocycles. The van der Waals surface area contributed by atoms with Crippen LogP contribution in [0.2, 0.25) is 0 Å². The molecule has 1 aliphatic carbocycles. The van der Waals surface area contributed by atoms with E-state index in [0.29, 0.717) is 11.7 Å². The van der Waals surface area contributed by atoms with E-state index in [-0.39, 0.29) is 30.6 Å². The molecule has 1 fully saturated rings. The fourth-order valence-corrected chi connectivity index (χ4v) is 4.31. The molecule has 1 aromatic rings. The molecule has 1 aromatic carbocycles. The number of benzene rings is 1. The molecule has 0 saturated heterocycles. The number of carbonyl (C=O) groups is 1. The Morgan fingerprint density at radius 2 is 1.85 bits per heavy atom. The lowest BCUT2D eigenvalue weighted by molar-refractivity contribution is -0.121. The van der Waals surface area contributed by atoms with E-state index < -0.39 is 21.0 Å². The Balaban J connectivity index is 1.74. The lowest BCUT2D eigenvalue weighted by atomic mass is 9.87. The fraction of sp³-hybridized carbons (Fsp3) is 0.632. The van der Waals surface area contributed by atoms with E-state index >= 15 is 0 Å². The highest BCUT2D eigenvalue weighted by molar-refractivity contribution is 7.92. The molecular weight excluding hydrogens is 357 g/mol. The van der Waals surface area contributed by atoms with Crippen LogP contribution in [0.3, 0.4) is 0 Å². The second-order valence-electron chi connectivity index (χ2n) is 7.13. The number of sulfone groups is 1. The Bertz CT molecular complexity index is 682. The lowest BCUT2D eigenvalue weighted by Crippen LogP contribution is -2.45. The molecule has 0 unspecified atom stereocenters. The molecule has 146 valence electrons. The van der Waals surface area contributed by atoms with Crippen LogP contribution in [0, 0.1) is 11.7 Å². The highest BCUT2D eigenvalue weighted by atomic mass is 32.2. The first-order chi connectivity index (χ1) is 12.3. The van der Waals surface area contributed by atoms with E-state index in [1.165, 1.54) is 31.2 Å². The summed E-state index contributed by atoms with van der Waals surface area (Å²) in [5, 5.41) is 1.82. The van der Waals surface area contributed by atoms with E-state index in [0.717, 1.165) is 25.7 Å². The van der Waals surface area contributed by atoms with Crippen molar-refractivity contribution in [1.29, 1.82) is 0 Å². The van der Waals surface area contributed by atoms with Crippen molar-refractivity contribution >= 4 is 15.7 Å². The third-order valence-corrected chi connectivity index (χ3v) is 7.07. The summed E-state index contributed by atoms with van der Waals surface area (Å²) in [5.74, 6) is 0.271. The van der Waals surface area contributed by atoms with Gasteiger partial charge in [0.05, 0.1) is 12.4 Å². The summed E-state index contributed by atoms with van der Waals surface area (Å²) in [5.41, 5.74) is 0. The minimum atomic E-state index is -3.53. The van der Waals surface area contributed by atoms with Gasteiger partial charge in [0.2, 0.25) is 5.91 Å². The standard InChI is InChI=1S/C19H28FNO4S/c1-14-4-8-17(9-5-14)21-19(22)15(2)26(23,24)13-3-12-25-18-10-6-16(20)7-11-18/h6-7,10-11,14-15,17H,3-5,8-9,12-13H2,1-2H3,(H,21,22)/t14?,15-,17?/m0/s1. The monoisotopic (exact) mass is 385 g/mol. The van der Waals surface area contributed by atoms with Crippen molar-refractivity contribution in [3.63, 3.8) is 0 Å². The number of halogens is 1. The summed E-state index contributed by atoms with van der Waals surface area (Å²) in [6.07, 6.45) is 4.22. The van der Waals surface area contributed by atoms with E-state index in [1.54, 1.807) is 0 Å². The molecular formula is C19H28FNO4S. The number of ether oxygens (including phenoxy) is 1.